The summed E-state index contributed by atoms with van der Waals surface area (Å²) in [4.78, 5) is 19.9. The molecule has 1 heterocycles. The van der Waals surface area contributed by atoms with Crippen LogP contribution in [0.2, 0.25) is 0 Å². The van der Waals surface area contributed by atoms with Crippen molar-refractivity contribution in [2.24, 2.45) is 0 Å². The Morgan fingerprint density at radius 3 is 2.88 bits per heavy atom. The van der Waals surface area contributed by atoms with Gasteiger partial charge in [-0.05, 0) is 31.5 Å². The maximum atomic E-state index is 12.1. The normalized spacial score (nSPS) is 12.2. The van der Waals surface area contributed by atoms with Crippen LogP contribution in [0.3, 0.4) is 0 Å². The molecule has 1 unspecified atom stereocenters. The Balaban J connectivity index is 1.50. The average Bonchev–Trinajstić information content (AvgIpc) is 2.99. The summed E-state index contributed by atoms with van der Waals surface area (Å²) in [5, 5.41) is 3.00. The van der Waals surface area contributed by atoms with Gasteiger partial charge in [-0.15, -0.1) is 11.8 Å². The van der Waals surface area contributed by atoms with Gasteiger partial charge in [-0.3, -0.25) is 4.79 Å². The number of aromatic nitrogens is 2. The van der Waals surface area contributed by atoms with Crippen LogP contribution in [0.5, 0.6) is 0 Å². The minimum atomic E-state index is -0.135. The van der Waals surface area contributed by atoms with Crippen LogP contribution in [0.1, 0.15) is 29.9 Å². The molecule has 4 nitrogen and oxygen atoms in total. The summed E-state index contributed by atoms with van der Waals surface area (Å²) in [7, 11) is 0. The van der Waals surface area contributed by atoms with E-state index >= 15 is 0 Å². The van der Waals surface area contributed by atoms with E-state index in [1.54, 1.807) is 11.8 Å². The predicted octanol–water partition coefficient (Wildman–Crippen LogP) is 3.98. The standard InChI is InChI=1S/C19H21N3OS/c1-13-6-5-7-15(10-13)11-24-12-18(23)20-14(2)19-21-16-8-3-4-9-17(16)22-19/h3-10,14H,11-12H2,1-2H3,(H,20,23)(H,21,22). The Hall–Kier alpha value is -2.27. The van der Waals surface area contributed by atoms with Crippen LogP contribution in [0.15, 0.2) is 48.5 Å². The van der Waals surface area contributed by atoms with Crippen LogP contribution in [-0.4, -0.2) is 21.6 Å². The topological polar surface area (TPSA) is 57.8 Å². The highest BCUT2D eigenvalue weighted by atomic mass is 32.2. The van der Waals surface area contributed by atoms with E-state index in [0.717, 1.165) is 22.6 Å². The zero-order valence-corrected chi connectivity index (χ0v) is 14.7. The number of benzene rings is 2. The second kappa shape index (κ2) is 7.53. The number of amides is 1. The zero-order chi connectivity index (χ0) is 16.9. The van der Waals surface area contributed by atoms with Gasteiger partial charge in [0.15, 0.2) is 0 Å². The highest BCUT2D eigenvalue weighted by Crippen LogP contribution is 2.17. The number of aromatic amines is 1. The first-order chi connectivity index (χ1) is 11.6. The van der Waals surface area contributed by atoms with Crippen LogP contribution in [0, 0.1) is 6.92 Å². The van der Waals surface area contributed by atoms with E-state index in [1.807, 2.05) is 31.2 Å². The monoisotopic (exact) mass is 339 g/mol. The molecule has 0 bridgehead atoms. The van der Waals surface area contributed by atoms with E-state index < -0.39 is 0 Å². The third kappa shape index (κ3) is 4.17. The Morgan fingerprint density at radius 2 is 2.08 bits per heavy atom. The van der Waals surface area contributed by atoms with Gasteiger partial charge < -0.3 is 10.3 Å². The second-order valence-electron chi connectivity index (χ2n) is 5.91. The molecule has 0 aliphatic carbocycles. The Kier molecular flexibility index (Phi) is 5.20. The van der Waals surface area contributed by atoms with Crippen LogP contribution in [-0.2, 0) is 10.5 Å². The predicted molar refractivity (Wildman–Crippen MR) is 100.0 cm³/mol. The maximum absolute atomic E-state index is 12.1. The Labute approximate surface area is 146 Å². The minimum Gasteiger partial charge on any atom is -0.346 e. The Morgan fingerprint density at radius 1 is 1.25 bits per heavy atom. The lowest BCUT2D eigenvalue weighted by Crippen LogP contribution is -2.28. The third-order valence-corrected chi connectivity index (χ3v) is 4.78. The number of fused-ring (bicyclic) bond motifs is 1. The fourth-order valence-electron chi connectivity index (χ4n) is 2.59. The first-order valence-corrected chi connectivity index (χ1v) is 9.14. The zero-order valence-electron chi connectivity index (χ0n) is 13.9. The number of imidazole rings is 1. The number of carbonyl (C=O) groups excluding carboxylic acids is 1. The molecule has 0 radical (unpaired) electrons. The summed E-state index contributed by atoms with van der Waals surface area (Å²) in [6, 6.07) is 16.1. The molecule has 0 aliphatic rings. The number of rotatable bonds is 6. The van der Waals surface area contributed by atoms with E-state index in [9.17, 15) is 4.79 Å². The molecule has 0 spiro atoms. The van der Waals surface area contributed by atoms with Gasteiger partial charge in [0.2, 0.25) is 5.91 Å². The molecule has 5 heteroatoms. The SMILES string of the molecule is Cc1cccc(CSCC(=O)NC(C)c2nc3ccccc3[nH]2)c1. The van der Waals surface area contributed by atoms with E-state index in [1.165, 1.54) is 11.1 Å². The number of nitrogens with zero attached hydrogens (tertiary/aromatic N) is 1. The number of thioether (sulfide) groups is 1. The lowest BCUT2D eigenvalue weighted by Gasteiger charge is -2.11. The summed E-state index contributed by atoms with van der Waals surface area (Å²) < 4.78 is 0. The third-order valence-electron chi connectivity index (χ3n) is 3.78. The molecular formula is C19H21N3OS. The fraction of sp³-hybridized carbons (Fsp3) is 0.263. The van der Waals surface area contributed by atoms with Crippen molar-refractivity contribution in [3.8, 4) is 0 Å². The number of hydrogen-bond donors (Lipinski definition) is 2. The smallest absolute Gasteiger partial charge is 0.230 e. The van der Waals surface area contributed by atoms with Crippen molar-refractivity contribution >= 4 is 28.7 Å². The molecule has 3 aromatic rings. The quantitative estimate of drug-likeness (QED) is 0.714. The molecule has 124 valence electrons. The van der Waals surface area contributed by atoms with Crippen molar-refractivity contribution in [3.05, 3.63) is 65.5 Å². The number of carbonyl (C=O) groups is 1. The number of nitrogens with one attached hydrogen (secondary N) is 2. The second-order valence-corrected chi connectivity index (χ2v) is 6.90. The van der Waals surface area contributed by atoms with E-state index in [0.29, 0.717) is 5.75 Å². The first kappa shape index (κ1) is 16.6. The van der Waals surface area contributed by atoms with Crippen LogP contribution >= 0.6 is 11.8 Å². The summed E-state index contributed by atoms with van der Waals surface area (Å²) >= 11 is 1.62. The van der Waals surface area contributed by atoms with Crippen molar-refractivity contribution in [2.75, 3.05) is 5.75 Å². The van der Waals surface area contributed by atoms with Crippen molar-refractivity contribution in [1.82, 2.24) is 15.3 Å². The summed E-state index contributed by atoms with van der Waals surface area (Å²) in [6.07, 6.45) is 0. The highest BCUT2D eigenvalue weighted by Gasteiger charge is 2.13. The van der Waals surface area contributed by atoms with E-state index in [-0.39, 0.29) is 11.9 Å². The summed E-state index contributed by atoms with van der Waals surface area (Å²) in [6.45, 7) is 4.02. The van der Waals surface area contributed by atoms with Crippen molar-refractivity contribution in [3.63, 3.8) is 0 Å². The van der Waals surface area contributed by atoms with Gasteiger partial charge in [-0.2, -0.15) is 0 Å². The fourth-order valence-corrected chi connectivity index (χ4v) is 3.38. The van der Waals surface area contributed by atoms with Gasteiger partial charge in [0.25, 0.3) is 0 Å². The molecule has 2 aromatic carbocycles. The van der Waals surface area contributed by atoms with Gasteiger partial charge in [0, 0.05) is 5.75 Å². The minimum absolute atomic E-state index is 0.0283. The lowest BCUT2D eigenvalue weighted by atomic mass is 10.2. The highest BCUT2D eigenvalue weighted by molar-refractivity contribution is 7.99. The summed E-state index contributed by atoms with van der Waals surface area (Å²) in [5.41, 5.74) is 4.40. The van der Waals surface area contributed by atoms with Gasteiger partial charge in [0.1, 0.15) is 5.82 Å². The molecule has 24 heavy (non-hydrogen) atoms. The molecule has 0 saturated heterocycles. The number of para-hydroxylation sites is 2. The molecule has 1 amide bonds. The molecule has 3 rings (SSSR count). The number of hydrogen-bond acceptors (Lipinski definition) is 3. The van der Waals surface area contributed by atoms with Crippen molar-refractivity contribution in [2.45, 2.75) is 25.6 Å². The van der Waals surface area contributed by atoms with E-state index in [2.05, 4.69) is 46.5 Å². The van der Waals surface area contributed by atoms with Gasteiger partial charge in [-0.1, -0.05) is 42.0 Å². The van der Waals surface area contributed by atoms with Crippen molar-refractivity contribution < 1.29 is 4.79 Å². The number of aryl methyl sites for hydroxylation is 1. The molecule has 0 aliphatic heterocycles. The van der Waals surface area contributed by atoms with Crippen molar-refractivity contribution in [1.29, 1.82) is 0 Å². The maximum Gasteiger partial charge on any atom is 0.230 e. The van der Waals surface area contributed by atoms with Gasteiger partial charge in [0.05, 0.1) is 22.8 Å². The molecule has 2 N–H and O–H groups in total. The number of H-pyrrole nitrogens is 1. The molecular weight excluding hydrogens is 318 g/mol. The van der Waals surface area contributed by atoms with Gasteiger partial charge in [-0.25, -0.2) is 4.98 Å². The molecule has 0 fully saturated rings. The summed E-state index contributed by atoms with van der Waals surface area (Å²) in [5.74, 6) is 2.10. The van der Waals surface area contributed by atoms with E-state index in [4.69, 9.17) is 0 Å². The molecule has 0 saturated carbocycles. The average molecular weight is 339 g/mol. The largest absolute Gasteiger partial charge is 0.346 e. The van der Waals surface area contributed by atoms with Crippen LogP contribution in [0.4, 0.5) is 0 Å². The first-order valence-electron chi connectivity index (χ1n) is 7.99. The lowest BCUT2D eigenvalue weighted by molar-refractivity contribution is -0.119. The molecule has 1 aromatic heterocycles. The van der Waals surface area contributed by atoms with Gasteiger partial charge >= 0.3 is 0 Å². The van der Waals surface area contributed by atoms with Crippen LogP contribution < -0.4 is 5.32 Å². The van der Waals surface area contributed by atoms with Crippen LogP contribution in [0.25, 0.3) is 11.0 Å². The Bertz CT molecular complexity index is 810. The molecule has 1 atom stereocenters.